The summed E-state index contributed by atoms with van der Waals surface area (Å²) < 4.78 is 0. The predicted molar refractivity (Wildman–Crippen MR) is 77.0 cm³/mol. The molecular formula is C16H22N2O. The molecule has 1 rings (SSSR count). The average Bonchev–Trinajstić information content (AvgIpc) is 2.39. The first-order chi connectivity index (χ1) is 9.06. The molecule has 1 aromatic carbocycles. The van der Waals surface area contributed by atoms with E-state index >= 15 is 0 Å². The first-order valence-corrected chi connectivity index (χ1v) is 6.77. The molecule has 19 heavy (non-hydrogen) atoms. The minimum atomic E-state index is -0.0512. The van der Waals surface area contributed by atoms with E-state index in [2.05, 4.69) is 13.0 Å². The topological polar surface area (TPSA) is 44.1 Å². The van der Waals surface area contributed by atoms with Crippen molar-refractivity contribution in [2.45, 2.75) is 26.7 Å². The molecule has 1 unspecified atom stereocenters. The van der Waals surface area contributed by atoms with Crippen LogP contribution in [0.4, 0.5) is 0 Å². The predicted octanol–water partition coefficient (Wildman–Crippen LogP) is 2.91. The molecule has 0 radical (unpaired) electrons. The van der Waals surface area contributed by atoms with Crippen molar-refractivity contribution in [3.05, 3.63) is 35.4 Å². The summed E-state index contributed by atoms with van der Waals surface area (Å²) in [6.07, 6.45) is 2.16. The van der Waals surface area contributed by atoms with Crippen molar-refractivity contribution in [2.24, 2.45) is 5.92 Å². The molecule has 1 aromatic rings. The molecule has 3 heteroatoms. The first kappa shape index (κ1) is 15.4. The number of benzene rings is 1. The SMILES string of the molecule is CCCc1ccc(C(=O)CN(C)CC(C)C#N)cc1. The van der Waals surface area contributed by atoms with Gasteiger partial charge in [-0.05, 0) is 26.0 Å². The van der Waals surface area contributed by atoms with Gasteiger partial charge in [0.25, 0.3) is 0 Å². The van der Waals surface area contributed by atoms with Gasteiger partial charge in [0.2, 0.25) is 0 Å². The molecule has 0 saturated carbocycles. The highest BCUT2D eigenvalue weighted by molar-refractivity contribution is 5.97. The Balaban J connectivity index is 2.56. The fourth-order valence-corrected chi connectivity index (χ4v) is 2.06. The van der Waals surface area contributed by atoms with Crippen molar-refractivity contribution in [3.63, 3.8) is 0 Å². The third-order valence-corrected chi connectivity index (χ3v) is 3.03. The number of hydrogen-bond donors (Lipinski definition) is 0. The van der Waals surface area contributed by atoms with Crippen LogP contribution in [0, 0.1) is 17.2 Å². The maximum atomic E-state index is 12.1. The van der Waals surface area contributed by atoms with Gasteiger partial charge in [0, 0.05) is 12.1 Å². The fourth-order valence-electron chi connectivity index (χ4n) is 2.06. The second-order valence-electron chi connectivity index (χ2n) is 5.10. The van der Waals surface area contributed by atoms with Crippen molar-refractivity contribution in [1.29, 1.82) is 5.26 Å². The molecule has 0 aliphatic heterocycles. The summed E-state index contributed by atoms with van der Waals surface area (Å²) in [5.74, 6) is 0.0559. The van der Waals surface area contributed by atoms with E-state index in [0.29, 0.717) is 13.1 Å². The first-order valence-electron chi connectivity index (χ1n) is 6.77. The highest BCUT2D eigenvalue weighted by atomic mass is 16.1. The minimum absolute atomic E-state index is 0.0512. The summed E-state index contributed by atoms with van der Waals surface area (Å²) in [6.45, 7) is 4.99. The van der Waals surface area contributed by atoms with Gasteiger partial charge in [-0.3, -0.25) is 9.69 Å². The Hall–Kier alpha value is -1.66. The number of nitriles is 1. The van der Waals surface area contributed by atoms with Gasteiger partial charge in [-0.15, -0.1) is 0 Å². The number of hydrogen-bond acceptors (Lipinski definition) is 3. The van der Waals surface area contributed by atoms with Crippen molar-refractivity contribution < 1.29 is 4.79 Å². The van der Waals surface area contributed by atoms with Crippen LogP contribution in [0.25, 0.3) is 0 Å². The lowest BCUT2D eigenvalue weighted by Gasteiger charge is -2.16. The zero-order valence-electron chi connectivity index (χ0n) is 12.0. The van der Waals surface area contributed by atoms with Gasteiger partial charge in [0.15, 0.2) is 5.78 Å². The van der Waals surface area contributed by atoms with Gasteiger partial charge in [-0.25, -0.2) is 0 Å². The highest BCUT2D eigenvalue weighted by Crippen LogP contribution is 2.08. The molecule has 0 amide bonds. The van der Waals surface area contributed by atoms with Crippen LogP contribution in [0.1, 0.15) is 36.2 Å². The molecule has 102 valence electrons. The average molecular weight is 258 g/mol. The van der Waals surface area contributed by atoms with Gasteiger partial charge < -0.3 is 0 Å². The van der Waals surface area contributed by atoms with Crippen LogP contribution in [0.5, 0.6) is 0 Å². The van der Waals surface area contributed by atoms with Crippen molar-refractivity contribution >= 4 is 5.78 Å². The number of aryl methyl sites for hydroxylation is 1. The Morgan fingerprint density at radius 1 is 1.37 bits per heavy atom. The summed E-state index contributed by atoms with van der Waals surface area (Å²) in [6, 6.07) is 10.0. The van der Waals surface area contributed by atoms with E-state index in [0.717, 1.165) is 18.4 Å². The molecule has 0 aliphatic rings. The van der Waals surface area contributed by atoms with E-state index in [4.69, 9.17) is 5.26 Å². The zero-order valence-corrected chi connectivity index (χ0v) is 12.0. The number of nitrogens with zero attached hydrogens (tertiary/aromatic N) is 2. The lowest BCUT2D eigenvalue weighted by Crippen LogP contribution is -2.29. The summed E-state index contributed by atoms with van der Waals surface area (Å²) >= 11 is 0. The smallest absolute Gasteiger partial charge is 0.176 e. The molecule has 1 atom stereocenters. The minimum Gasteiger partial charge on any atom is -0.298 e. The van der Waals surface area contributed by atoms with Gasteiger partial charge >= 0.3 is 0 Å². The maximum Gasteiger partial charge on any atom is 0.176 e. The highest BCUT2D eigenvalue weighted by Gasteiger charge is 2.11. The summed E-state index contributed by atoms with van der Waals surface area (Å²) in [4.78, 5) is 14.0. The van der Waals surface area contributed by atoms with Crippen LogP contribution in [0.3, 0.4) is 0 Å². The van der Waals surface area contributed by atoms with E-state index in [1.165, 1.54) is 5.56 Å². The Kier molecular flexibility index (Phi) is 6.24. The standard InChI is InChI=1S/C16H22N2O/c1-4-5-14-6-8-15(9-7-14)16(19)12-18(3)11-13(2)10-17/h6-9,13H,4-5,11-12H2,1-3H3. The van der Waals surface area contributed by atoms with Gasteiger partial charge in [-0.2, -0.15) is 5.26 Å². The van der Waals surface area contributed by atoms with E-state index in [1.807, 2.05) is 43.1 Å². The Morgan fingerprint density at radius 2 is 2.00 bits per heavy atom. The zero-order chi connectivity index (χ0) is 14.3. The molecule has 0 aliphatic carbocycles. The van der Waals surface area contributed by atoms with Gasteiger partial charge in [0.1, 0.15) is 0 Å². The molecular weight excluding hydrogens is 236 g/mol. The quantitative estimate of drug-likeness (QED) is 0.706. The number of ketones is 1. The van der Waals surface area contributed by atoms with Crippen LogP contribution < -0.4 is 0 Å². The van der Waals surface area contributed by atoms with Gasteiger partial charge in [-0.1, -0.05) is 37.6 Å². The Bertz CT molecular complexity index is 445. The Labute approximate surface area is 115 Å². The van der Waals surface area contributed by atoms with Crippen LogP contribution in [0.2, 0.25) is 0 Å². The number of likely N-dealkylation sites (N-methyl/N-ethyl adjacent to an activating group) is 1. The molecule has 0 heterocycles. The second-order valence-corrected chi connectivity index (χ2v) is 5.10. The monoisotopic (exact) mass is 258 g/mol. The van der Waals surface area contributed by atoms with Crippen LogP contribution in [-0.4, -0.2) is 30.8 Å². The third-order valence-electron chi connectivity index (χ3n) is 3.03. The van der Waals surface area contributed by atoms with E-state index in [9.17, 15) is 4.79 Å². The summed E-state index contributed by atoms with van der Waals surface area (Å²) in [7, 11) is 1.87. The number of carbonyl (C=O) groups is 1. The molecule has 0 fully saturated rings. The summed E-state index contributed by atoms with van der Waals surface area (Å²) in [5.41, 5.74) is 2.02. The molecule has 3 nitrogen and oxygen atoms in total. The molecule has 0 N–H and O–H groups in total. The second kappa shape index (κ2) is 7.70. The Morgan fingerprint density at radius 3 is 2.53 bits per heavy atom. The fraction of sp³-hybridized carbons (Fsp3) is 0.500. The number of carbonyl (C=O) groups excluding carboxylic acids is 1. The largest absolute Gasteiger partial charge is 0.298 e. The maximum absolute atomic E-state index is 12.1. The molecule has 0 bridgehead atoms. The molecule has 0 saturated heterocycles. The molecule has 0 spiro atoms. The van der Waals surface area contributed by atoms with E-state index in [1.54, 1.807) is 0 Å². The van der Waals surface area contributed by atoms with Crippen LogP contribution in [-0.2, 0) is 6.42 Å². The molecule has 0 aromatic heterocycles. The van der Waals surface area contributed by atoms with E-state index in [-0.39, 0.29) is 11.7 Å². The van der Waals surface area contributed by atoms with Crippen LogP contribution in [0.15, 0.2) is 24.3 Å². The third kappa shape index (κ3) is 5.23. The van der Waals surface area contributed by atoms with Crippen molar-refractivity contribution in [2.75, 3.05) is 20.1 Å². The number of Topliss-reactive ketones (excluding diaryl/α,β-unsaturated/α-hetero) is 1. The van der Waals surface area contributed by atoms with Crippen LogP contribution >= 0.6 is 0 Å². The van der Waals surface area contributed by atoms with Crippen molar-refractivity contribution in [1.82, 2.24) is 4.90 Å². The lowest BCUT2D eigenvalue weighted by molar-refractivity contribution is 0.0943. The normalized spacial score (nSPS) is 12.2. The summed E-state index contributed by atoms with van der Waals surface area (Å²) in [5, 5.41) is 8.75. The number of rotatable bonds is 7. The van der Waals surface area contributed by atoms with Crippen molar-refractivity contribution in [3.8, 4) is 6.07 Å². The lowest BCUT2D eigenvalue weighted by atomic mass is 10.0. The van der Waals surface area contributed by atoms with E-state index < -0.39 is 0 Å². The van der Waals surface area contributed by atoms with Gasteiger partial charge in [0.05, 0.1) is 18.5 Å².